The van der Waals surface area contributed by atoms with E-state index in [1.54, 1.807) is 18.7 Å². The fraction of sp³-hybridized carbons (Fsp3) is 0.500. The molecule has 1 amide bonds. The highest BCUT2D eigenvalue weighted by Crippen LogP contribution is 2.18. The van der Waals surface area contributed by atoms with Crippen molar-refractivity contribution in [1.29, 1.82) is 0 Å². The Labute approximate surface area is 113 Å². The number of carbonyl (C=O) groups excluding carboxylic acids is 1. The minimum atomic E-state index is -0.424. The number of aliphatic hydroxyl groups excluding tert-OH is 1. The Bertz CT molecular complexity index is 376. The van der Waals surface area contributed by atoms with Gasteiger partial charge in [-0.1, -0.05) is 12.1 Å². The van der Waals surface area contributed by atoms with Crippen molar-refractivity contribution < 1.29 is 9.90 Å². The van der Waals surface area contributed by atoms with E-state index in [9.17, 15) is 4.79 Å². The smallest absolute Gasteiger partial charge is 0.220 e. The molecule has 2 N–H and O–H groups in total. The number of hydrogen-bond acceptors (Lipinski definition) is 3. The molecule has 0 heterocycles. The Morgan fingerprint density at radius 3 is 2.44 bits per heavy atom. The van der Waals surface area contributed by atoms with Crippen molar-refractivity contribution in [3.05, 3.63) is 29.8 Å². The van der Waals surface area contributed by atoms with E-state index in [-0.39, 0.29) is 11.9 Å². The van der Waals surface area contributed by atoms with Crippen LogP contribution in [0.15, 0.2) is 29.2 Å². The quantitative estimate of drug-likeness (QED) is 0.779. The zero-order chi connectivity index (χ0) is 13.5. The fourth-order valence-corrected chi connectivity index (χ4v) is 2.04. The highest BCUT2D eigenvalue weighted by atomic mass is 32.2. The van der Waals surface area contributed by atoms with Crippen molar-refractivity contribution in [3.63, 3.8) is 0 Å². The Balaban J connectivity index is 2.48. The number of nitrogens with one attached hydrogen (secondary N) is 1. The molecular formula is C14H21NO2S. The van der Waals surface area contributed by atoms with E-state index >= 15 is 0 Å². The van der Waals surface area contributed by atoms with Gasteiger partial charge in [0.1, 0.15) is 0 Å². The van der Waals surface area contributed by atoms with E-state index in [2.05, 4.69) is 17.4 Å². The van der Waals surface area contributed by atoms with E-state index in [0.29, 0.717) is 12.8 Å². The van der Waals surface area contributed by atoms with Gasteiger partial charge in [0.2, 0.25) is 5.91 Å². The monoisotopic (exact) mass is 267 g/mol. The number of rotatable bonds is 6. The second kappa shape index (κ2) is 7.44. The van der Waals surface area contributed by atoms with Gasteiger partial charge in [-0.05, 0) is 44.2 Å². The Kier molecular flexibility index (Phi) is 6.22. The van der Waals surface area contributed by atoms with Crippen LogP contribution in [-0.2, 0) is 4.79 Å². The van der Waals surface area contributed by atoms with Crippen LogP contribution in [0, 0.1) is 0 Å². The van der Waals surface area contributed by atoms with E-state index < -0.39 is 6.10 Å². The standard InChI is InChI=1S/C14H21NO2S/c1-10(16)4-9-14(17)15-11(2)12-5-7-13(18-3)8-6-12/h5-8,10-11,16H,4,9H2,1-3H3,(H,15,17). The summed E-state index contributed by atoms with van der Waals surface area (Å²) in [6, 6.07) is 8.18. The Morgan fingerprint density at radius 2 is 1.94 bits per heavy atom. The molecule has 2 atom stereocenters. The molecule has 0 saturated carbocycles. The normalized spacial score (nSPS) is 14.0. The lowest BCUT2D eigenvalue weighted by Gasteiger charge is -2.15. The first-order valence-electron chi connectivity index (χ1n) is 6.14. The number of aliphatic hydroxyl groups is 1. The zero-order valence-corrected chi connectivity index (χ0v) is 12.0. The number of thioether (sulfide) groups is 1. The van der Waals surface area contributed by atoms with Crippen molar-refractivity contribution >= 4 is 17.7 Å². The zero-order valence-electron chi connectivity index (χ0n) is 11.1. The van der Waals surface area contributed by atoms with Gasteiger partial charge in [0.05, 0.1) is 12.1 Å². The van der Waals surface area contributed by atoms with Crippen LogP contribution < -0.4 is 5.32 Å². The van der Waals surface area contributed by atoms with Crippen LogP contribution in [-0.4, -0.2) is 23.4 Å². The Morgan fingerprint density at radius 1 is 1.33 bits per heavy atom. The third-order valence-corrected chi connectivity index (χ3v) is 3.53. The van der Waals surface area contributed by atoms with Gasteiger partial charge >= 0.3 is 0 Å². The molecule has 0 bridgehead atoms. The maximum absolute atomic E-state index is 11.6. The largest absolute Gasteiger partial charge is 0.393 e. The first-order chi connectivity index (χ1) is 8.52. The minimum absolute atomic E-state index is 0.00223. The predicted octanol–water partition coefficient (Wildman–Crippen LogP) is 2.75. The predicted molar refractivity (Wildman–Crippen MR) is 75.7 cm³/mol. The van der Waals surface area contributed by atoms with E-state index in [4.69, 9.17) is 5.11 Å². The van der Waals surface area contributed by atoms with Gasteiger partial charge < -0.3 is 10.4 Å². The van der Waals surface area contributed by atoms with Gasteiger partial charge in [-0.15, -0.1) is 11.8 Å². The van der Waals surface area contributed by atoms with Crippen molar-refractivity contribution in [2.75, 3.05) is 6.26 Å². The Hall–Kier alpha value is -1.00. The third kappa shape index (κ3) is 5.10. The summed E-state index contributed by atoms with van der Waals surface area (Å²) in [7, 11) is 0. The molecule has 0 aliphatic heterocycles. The van der Waals surface area contributed by atoms with Gasteiger partial charge in [-0.3, -0.25) is 4.79 Å². The second-order valence-corrected chi connectivity index (χ2v) is 5.33. The molecule has 0 aliphatic rings. The molecule has 1 aromatic carbocycles. The van der Waals surface area contributed by atoms with Gasteiger partial charge in [0.25, 0.3) is 0 Å². The van der Waals surface area contributed by atoms with Crippen LogP contribution in [0.4, 0.5) is 0 Å². The molecule has 0 fully saturated rings. The summed E-state index contributed by atoms with van der Waals surface area (Å²) >= 11 is 1.70. The van der Waals surface area contributed by atoms with Crippen molar-refractivity contribution in [3.8, 4) is 0 Å². The first kappa shape index (κ1) is 15.1. The second-order valence-electron chi connectivity index (χ2n) is 4.45. The lowest BCUT2D eigenvalue weighted by molar-refractivity contribution is -0.122. The maximum Gasteiger partial charge on any atom is 0.220 e. The molecule has 1 rings (SSSR count). The molecule has 18 heavy (non-hydrogen) atoms. The van der Waals surface area contributed by atoms with E-state index in [0.717, 1.165) is 5.56 Å². The van der Waals surface area contributed by atoms with Gasteiger partial charge in [-0.25, -0.2) is 0 Å². The van der Waals surface area contributed by atoms with Crippen LogP contribution in [0.3, 0.4) is 0 Å². The molecule has 0 aromatic heterocycles. The highest BCUT2D eigenvalue weighted by Gasteiger charge is 2.10. The lowest BCUT2D eigenvalue weighted by Crippen LogP contribution is -2.27. The van der Waals surface area contributed by atoms with Crippen molar-refractivity contribution in [2.24, 2.45) is 0 Å². The molecule has 0 radical (unpaired) electrons. The van der Waals surface area contributed by atoms with Crippen LogP contribution in [0.2, 0.25) is 0 Å². The number of benzene rings is 1. The van der Waals surface area contributed by atoms with Gasteiger partial charge in [-0.2, -0.15) is 0 Å². The topological polar surface area (TPSA) is 49.3 Å². The summed E-state index contributed by atoms with van der Waals surface area (Å²) in [5.41, 5.74) is 1.10. The summed E-state index contributed by atoms with van der Waals surface area (Å²) in [6.07, 6.45) is 2.48. The van der Waals surface area contributed by atoms with E-state index in [1.807, 2.05) is 25.3 Å². The summed E-state index contributed by atoms with van der Waals surface area (Å²) in [5, 5.41) is 12.1. The lowest BCUT2D eigenvalue weighted by atomic mass is 10.1. The average Bonchev–Trinajstić information content (AvgIpc) is 2.36. The first-order valence-corrected chi connectivity index (χ1v) is 7.36. The molecular weight excluding hydrogens is 246 g/mol. The van der Waals surface area contributed by atoms with Crippen LogP contribution in [0.25, 0.3) is 0 Å². The molecule has 0 aliphatic carbocycles. The molecule has 100 valence electrons. The van der Waals surface area contributed by atoms with Gasteiger partial charge in [0, 0.05) is 11.3 Å². The molecule has 1 aromatic rings. The molecule has 4 heteroatoms. The van der Waals surface area contributed by atoms with E-state index in [1.165, 1.54) is 4.90 Å². The highest BCUT2D eigenvalue weighted by molar-refractivity contribution is 7.98. The van der Waals surface area contributed by atoms with Crippen molar-refractivity contribution in [2.45, 2.75) is 43.7 Å². The maximum atomic E-state index is 11.6. The number of amides is 1. The SMILES string of the molecule is CSc1ccc(C(C)NC(=O)CCC(C)O)cc1. The molecule has 2 unspecified atom stereocenters. The summed E-state index contributed by atoms with van der Waals surface area (Å²) < 4.78 is 0. The van der Waals surface area contributed by atoms with Crippen molar-refractivity contribution in [1.82, 2.24) is 5.32 Å². The van der Waals surface area contributed by atoms with Crippen LogP contribution in [0.5, 0.6) is 0 Å². The third-order valence-electron chi connectivity index (χ3n) is 2.78. The van der Waals surface area contributed by atoms with Gasteiger partial charge in [0.15, 0.2) is 0 Å². The number of carbonyl (C=O) groups is 1. The molecule has 0 saturated heterocycles. The summed E-state index contributed by atoms with van der Waals surface area (Å²) in [6.45, 7) is 3.66. The minimum Gasteiger partial charge on any atom is -0.393 e. The molecule has 3 nitrogen and oxygen atoms in total. The average molecular weight is 267 g/mol. The number of hydrogen-bond donors (Lipinski definition) is 2. The van der Waals surface area contributed by atoms with Crippen LogP contribution in [0.1, 0.15) is 38.3 Å². The summed E-state index contributed by atoms with van der Waals surface area (Å²) in [5.74, 6) is -0.0163. The fourth-order valence-electron chi connectivity index (χ4n) is 1.63. The summed E-state index contributed by atoms with van der Waals surface area (Å²) in [4.78, 5) is 12.8. The molecule has 0 spiro atoms. The van der Waals surface area contributed by atoms with Crippen LogP contribution >= 0.6 is 11.8 Å².